The van der Waals surface area contributed by atoms with Gasteiger partial charge in [0.15, 0.2) is 17.3 Å². The van der Waals surface area contributed by atoms with E-state index in [1.54, 1.807) is 0 Å². The van der Waals surface area contributed by atoms with Crippen LogP contribution in [0.3, 0.4) is 0 Å². The first-order chi connectivity index (χ1) is 6.61. The molecule has 2 nitrogen and oxygen atoms in total. The summed E-state index contributed by atoms with van der Waals surface area (Å²) in [5, 5.41) is 0. The molecule has 5 heteroatoms. The second-order valence-electron chi connectivity index (χ2n) is 2.50. The van der Waals surface area contributed by atoms with E-state index in [1.165, 1.54) is 19.2 Å². The molecule has 0 atom stereocenters. The number of methoxy groups -OCH3 is 1. The van der Waals surface area contributed by atoms with E-state index in [2.05, 4.69) is 15.9 Å². The highest BCUT2D eigenvalue weighted by Crippen LogP contribution is 2.31. The SMILES string of the molecule is COc1c(F)ccc(C(=O)CCl)c1Br. The second-order valence-corrected chi connectivity index (χ2v) is 3.56. The van der Waals surface area contributed by atoms with Crippen molar-refractivity contribution in [1.29, 1.82) is 0 Å². The largest absolute Gasteiger partial charge is 0.492 e. The summed E-state index contributed by atoms with van der Waals surface area (Å²) in [4.78, 5) is 11.3. The lowest BCUT2D eigenvalue weighted by molar-refractivity contribution is 0.102. The molecule has 14 heavy (non-hydrogen) atoms. The molecule has 0 amide bonds. The number of ketones is 1. The normalized spacial score (nSPS) is 10.0. The highest BCUT2D eigenvalue weighted by molar-refractivity contribution is 9.10. The van der Waals surface area contributed by atoms with Crippen molar-refractivity contribution >= 4 is 33.3 Å². The molecule has 0 fully saturated rings. The van der Waals surface area contributed by atoms with Crippen LogP contribution >= 0.6 is 27.5 Å². The van der Waals surface area contributed by atoms with E-state index in [1.807, 2.05) is 0 Å². The molecular formula is C9H7BrClFO2. The molecule has 0 aromatic heterocycles. The summed E-state index contributed by atoms with van der Waals surface area (Å²) in [6, 6.07) is 2.54. The van der Waals surface area contributed by atoms with Crippen LogP contribution in [0.1, 0.15) is 10.4 Å². The minimum absolute atomic E-state index is 0.0148. The number of rotatable bonds is 3. The Bertz CT molecular complexity index is 368. The monoisotopic (exact) mass is 280 g/mol. The van der Waals surface area contributed by atoms with Gasteiger partial charge in [-0.2, -0.15) is 0 Å². The quantitative estimate of drug-likeness (QED) is 0.629. The third-order valence-corrected chi connectivity index (χ3v) is 2.70. The van der Waals surface area contributed by atoms with Crippen LogP contribution in [0.15, 0.2) is 16.6 Å². The van der Waals surface area contributed by atoms with Gasteiger partial charge in [0, 0.05) is 5.56 Å². The van der Waals surface area contributed by atoms with Crippen molar-refractivity contribution in [3.63, 3.8) is 0 Å². The molecule has 76 valence electrons. The first-order valence-corrected chi connectivity index (χ1v) is 5.05. The number of benzene rings is 1. The number of hydrogen-bond acceptors (Lipinski definition) is 2. The van der Waals surface area contributed by atoms with E-state index in [-0.39, 0.29) is 17.4 Å². The molecule has 0 saturated carbocycles. The molecule has 1 aromatic carbocycles. The van der Waals surface area contributed by atoms with E-state index in [0.717, 1.165) is 0 Å². The maximum absolute atomic E-state index is 13.1. The van der Waals surface area contributed by atoms with Crippen LogP contribution in [0.25, 0.3) is 0 Å². The number of carbonyl (C=O) groups is 1. The third kappa shape index (κ3) is 2.07. The summed E-state index contributed by atoms with van der Waals surface area (Å²) < 4.78 is 18.2. The summed E-state index contributed by atoms with van der Waals surface area (Å²) in [6.07, 6.45) is 0. The first-order valence-electron chi connectivity index (χ1n) is 3.73. The van der Waals surface area contributed by atoms with Gasteiger partial charge in [-0.3, -0.25) is 4.79 Å². The Kier molecular flexibility index (Phi) is 3.89. The zero-order valence-corrected chi connectivity index (χ0v) is 9.65. The molecule has 0 bridgehead atoms. The van der Waals surface area contributed by atoms with Crippen molar-refractivity contribution in [3.8, 4) is 5.75 Å². The number of alkyl halides is 1. The zero-order chi connectivity index (χ0) is 10.7. The standard InChI is InChI=1S/C9H7BrClFO2/c1-14-9-6(12)3-2-5(8(9)10)7(13)4-11/h2-3H,4H2,1H3. The van der Waals surface area contributed by atoms with E-state index in [9.17, 15) is 9.18 Å². The van der Waals surface area contributed by atoms with Crippen LogP contribution in [0.2, 0.25) is 0 Å². The number of hydrogen-bond donors (Lipinski definition) is 0. The van der Waals surface area contributed by atoms with Crippen LogP contribution in [0.4, 0.5) is 4.39 Å². The molecule has 0 saturated heterocycles. The molecule has 0 spiro atoms. The van der Waals surface area contributed by atoms with E-state index < -0.39 is 5.82 Å². The maximum atomic E-state index is 13.1. The van der Waals surface area contributed by atoms with Gasteiger partial charge in [0.25, 0.3) is 0 Å². The predicted octanol–water partition coefficient (Wildman–Crippen LogP) is 3.02. The summed E-state index contributed by atoms with van der Waals surface area (Å²) in [7, 11) is 1.33. The Morgan fingerprint density at radius 1 is 1.64 bits per heavy atom. The van der Waals surface area contributed by atoms with Gasteiger partial charge in [0.2, 0.25) is 0 Å². The van der Waals surface area contributed by atoms with Crippen molar-refractivity contribution < 1.29 is 13.9 Å². The van der Waals surface area contributed by atoms with Crippen molar-refractivity contribution in [3.05, 3.63) is 28.0 Å². The van der Waals surface area contributed by atoms with Crippen molar-refractivity contribution in [2.75, 3.05) is 13.0 Å². The minimum Gasteiger partial charge on any atom is -0.492 e. The van der Waals surface area contributed by atoms with E-state index in [4.69, 9.17) is 16.3 Å². The lowest BCUT2D eigenvalue weighted by atomic mass is 10.1. The van der Waals surface area contributed by atoms with Crippen LogP contribution in [-0.4, -0.2) is 18.8 Å². The molecular weight excluding hydrogens is 274 g/mol. The number of carbonyl (C=O) groups excluding carboxylic acids is 1. The highest BCUT2D eigenvalue weighted by atomic mass is 79.9. The smallest absolute Gasteiger partial charge is 0.178 e. The summed E-state index contributed by atoms with van der Waals surface area (Å²) in [5.74, 6) is -0.934. The number of Topliss-reactive ketones (excluding diaryl/α,β-unsaturated/α-hetero) is 1. The first kappa shape index (κ1) is 11.5. The van der Waals surface area contributed by atoms with E-state index >= 15 is 0 Å². The Balaban J connectivity index is 3.28. The molecule has 0 heterocycles. The fraction of sp³-hybridized carbons (Fsp3) is 0.222. The highest BCUT2D eigenvalue weighted by Gasteiger charge is 2.16. The maximum Gasteiger partial charge on any atom is 0.178 e. The van der Waals surface area contributed by atoms with Crippen molar-refractivity contribution in [2.24, 2.45) is 0 Å². The van der Waals surface area contributed by atoms with Gasteiger partial charge in [0.1, 0.15) is 0 Å². The molecule has 0 N–H and O–H groups in total. The molecule has 1 aromatic rings. The predicted molar refractivity (Wildman–Crippen MR) is 55.7 cm³/mol. The third-order valence-electron chi connectivity index (χ3n) is 1.67. The Hall–Kier alpha value is -0.610. The summed E-state index contributed by atoms with van der Waals surface area (Å²) in [5.41, 5.74) is 0.318. The fourth-order valence-corrected chi connectivity index (χ4v) is 1.86. The minimum atomic E-state index is -0.523. The van der Waals surface area contributed by atoms with Gasteiger partial charge in [-0.05, 0) is 28.1 Å². The molecule has 0 aliphatic heterocycles. The van der Waals surface area contributed by atoms with Gasteiger partial charge in [-0.1, -0.05) is 0 Å². The van der Waals surface area contributed by atoms with Crippen molar-refractivity contribution in [2.45, 2.75) is 0 Å². The average Bonchev–Trinajstić information content (AvgIpc) is 2.18. The lowest BCUT2D eigenvalue weighted by Gasteiger charge is -2.07. The Morgan fingerprint density at radius 2 is 2.29 bits per heavy atom. The van der Waals surface area contributed by atoms with E-state index in [0.29, 0.717) is 10.0 Å². The van der Waals surface area contributed by atoms with Crippen LogP contribution in [0.5, 0.6) is 5.75 Å². The van der Waals surface area contributed by atoms with Crippen LogP contribution in [-0.2, 0) is 0 Å². The Morgan fingerprint density at radius 3 is 2.79 bits per heavy atom. The number of halogens is 3. The summed E-state index contributed by atoms with van der Waals surface area (Å²) >= 11 is 8.48. The van der Waals surface area contributed by atoms with Gasteiger partial charge >= 0.3 is 0 Å². The second kappa shape index (κ2) is 4.75. The molecule has 0 unspecified atom stereocenters. The Labute approximate surface area is 94.1 Å². The average molecular weight is 282 g/mol. The number of ether oxygens (including phenoxy) is 1. The van der Waals surface area contributed by atoms with Crippen LogP contribution < -0.4 is 4.74 Å². The molecule has 0 radical (unpaired) electrons. The van der Waals surface area contributed by atoms with Crippen LogP contribution in [0, 0.1) is 5.82 Å². The van der Waals surface area contributed by atoms with Gasteiger partial charge < -0.3 is 4.74 Å². The van der Waals surface area contributed by atoms with Gasteiger partial charge in [-0.15, -0.1) is 11.6 Å². The fourth-order valence-electron chi connectivity index (χ4n) is 1.01. The summed E-state index contributed by atoms with van der Waals surface area (Å²) in [6.45, 7) is 0. The zero-order valence-electron chi connectivity index (χ0n) is 7.31. The molecule has 0 aliphatic rings. The molecule has 1 rings (SSSR count). The lowest BCUT2D eigenvalue weighted by Crippen LogP contribution is -2.03. The van der Waals surface area contributed by atoms with Crippen molar-refractivity contribution in [1.82, 2.24) is 0 Å². The molecule has 0 aliphatic carbocycles. The topological polar surface area (TPSA) is 26.3 Å². The van der Waals surface area contributed by atoms with Gasteiger partial charge in [-0.25, -0.2) is 4.39 Å². The van der Waals surface area contributed by atoms with Gasteiger partial charge in [0.05, 0.1) is 17.5 Å².